The van der Waals surface area contributed by atoms with Gasteiger partial charge in [0.05, 0.1) is 12.0 Å². The minimum Gasteiger partial charge on any atom is -0.435 e. The van der Waals surface area contributed by atoms with Gasteiger partial charge in [0.15, 0.2) is 0 Å². The molecule has 1 unspecified atom stereocenters. The fourth-order valence-corrected chi connectivity index (χ4v) is 1.56. The Balaban J connectivity index is 2.79. The average Bonchev–Trinajstić information content (AvgIpc) is 2.37. The molecule has 0 saturated heterocycles. The van der Waals surface area contributed by atoms with Gasteiger partial charge >= 0.3 is 6.61 Å². The predicted molar refractivity (Wildman–Crippen MR) is 64.8 cm³/mol. The van der Waals surface area contributed by atoms with Gasteiger partial charge in [-0.3, -0.25) is 4.79 Å². The highest BCUT2D eigenvalue weighted by Crippen LogP contribution is 2.17. The number of amides is 1. The molecule has 1 aromatic rings. The molecule has 1 aromatic carbocycles. The molecule has 4 nitrogen and oxygen atoms in total. The lowest BCUT2D eigenvalue weighted by Crippen LogP contribution is -2.30. The van der Waals surface area contributed by atoms with Crippen LogP contribution in [0.5, 0.6) is 5.75 Å². The highest BCUT2D eigenvalue weighted by molar-refractivity contribution is 5.94. The van der Waals surface area contributed by atoms with Gasteiger partial charge in [0.2, 0.25) is 0 Å². The van der Waals surface area contributed by atoms with Crippen LogP contribution in [-0.2, 0) is 0 Å². The molecular weight excluding hydrogens is 254 g/mol. The topological polar surface area (TPSA) is 53.3 Å². The Hall–Kier alpha value is -2.16. The van der Waals surface area contributed by atoms with Crippen LogP contribution < -0.4 is 4.74 Å². The summed E-state index contributed by atoms with van der Waals surface area (Å²) >= 11 is 0. The van der Waals surface area contributed by atoms with Crippen LogP contribution in [0.15, 0.2) is 24.3 Å². The molecule has 6 heteroatoms. The van der Waals surface area contributed by atoms with Crippen molar-refractivity contribution >= 4 is 5.91 Å². The van der Waals surface area contributed by atoms with E-state index in [2.05, 4.69) is 4.74 Å². The van der Waals surface area contributed by atoms with Crippen LogP contribution >= 0.6 is 0 Å². The number of nitriles is 1. The summed E-state index contributed by atoms with van der Waals surface area (Å²) in [7, 11) is 1.55. The summed E-state index contributed by atoms with van der Waals surface area (Å²) in [5.41, 5.74) is 0.241. The molecule has 0 aliphatic heterocycles. The lowest BCUT2D eigenvalue weighted by atomic mass is 10.1. The molecule has 0 saturated carbocycles. The Labute approximate surface area is 110 Å². The summed E-state index contributed by atoms with van der Waals surface area (Å²) in [5, 5.41) is 8.69. The number of nitrogens with zero attached hydrogens (tertiary/aromatic N) is 2. The fourth-order valence-electron chi connectivity index (χ4n) is 1.56. The number of alkyl halides is 2. The first-order valence-corrected chi connectivity index (χ1v) is 5.64. The van der Waals surface area contributed by atoms with E-state index >= 15 is 0 Å². The molecule has 0 radical (unpaired) electrons. The predicted octanol–water partition coefficient (Wildman–Crippen LogP) is 2.52. The van der Waals surface area contributed by atoms with Crippen molar-refractivity contribution in [1.29, 1.82) is 5.26 Å². The molecule has 0 N–H and O–H groups in total. The van der Waals surface area contributed by atoms with Gasteiger partial charge in [0.25, 0.3) is 5.91 Å². The van der Waals surface area contributed by atoms with E-state index in [1.807, 2.05) is 6.07 Å². The third kappa shape index (κ3) is 4.54. The van der Waals surface area contributed by atoms with Gasteiger partial charge in [-0.05, 0) is 25.1 Å². The smallest absolute Gasteiger partial charge is 0.387 e. The zero-order chi connectivity index (χ0) is 14.4. The van der Waals surface area contributed by atoms with Crippen LogP contribution in [0.3, 0.4) is 0 Å². The lowest BCUT2D eigenvalue weighted by molar-refractivity contribution is -0.0499. The van der Waals surface area contributed by atoms with Gasteiger partial charge in [-0.25, -0.2) is 0 Å². The number of hydrogen-bond donors (Lipinski definition) is 0. The maximum atomic E-state index is 12.1. The molecule has 0 aliphatic carbocycles. The minimum absolute atomic E-state index is 0.0671. The minimum atomic E-state index is -2.93. The van der Waals surface area contributed by atoms with E-state index in [9.17, 15) is 13.6 Å². The Morgan fingerprint density at radius 1 is 1.53 bits per heavy atom. The third-order valence-electron chi connectivity index (χ3n) is 2.42. The van der Waals surface area contributed by atoms with E-state index in [0.29, 0.717) is 0 Å². The molecular formula is C13H14F2N2O2. The van der Waals surface area contributed by atoms with Crippen LogP contribution in [-0.4, -0.2) is 31.0 Å². The Morgan fingerprint density at radius 3 is 2.79 bits per heavy atom. The summed E-state index contributed by atoms with van der Waals surface area (Å²) in [4.78, 5) is 13.4. The van der Waals surface area contributed by atoms with E-state index in [0.717, 1.165) is 0 Å². The van der Waals surface area contributed by atoms with Gasteiger partial charge in [-0.1, -0.05) is 6.07 Å². The zero-order valence-corrected chi connectivity index (χ0v) is 10.6. The molecule has 0 heterocycles. The lowest BCUT2D eigenvalue weighted by Gasteiger charge is -2.18. The average molecular weight is 268 g/mol. The molecule has 0 spiro atoms. The second-order valence-electron chi connectivity index (χ2n) is 4.12. The highest BCUT2D eigenvalue weighted by atomic mass is 19.3. The number of rotatable bonds is 5. The largest absolute Gasteiger partial charge is 0.435 e. The van der Waals surface area contributed by atoms with Gasteiger partial charge in [0.1, 0.15) is 5.75 Å². The van der Waals surface area contributed by atoms with Crippen molar-refractivity contribution in [2.24, 2.45) is 5.92 Å². The monoisotopic (exact) mass is 268 g/mol. The normalized spacial score (nSPS) is 11.8. The second-order valence-corrected chi connectivity index (χ2v) is 4.12. The maximum Gasteiger partial charge on any atom is 0.387 e. The molecule has 1 amide bonds. The van der Waals surface area contributed by atoms with Crippen molar-refractivity contribution in [1.82, 2.24) is 4.90 Å². The fraction of sp³-hybridized carbons (Fsp3) is 0.385. The van der Waals surface area contributed by atoms with Crippen LogP contribution in [0.1, 0.15) is 17.3 Å². The van der Waals surface area contributed by atoms with Gasteiger partial charge in [0, 0.05) is 19.2 Å². The summed E-state index contributed by atoms with van der Waals surface area (Å²) in [5.74, 6) is -0.709. The first kappa shape index (κ1) is 14.9. The molecule has 1 atom stereocenters. The number of hydrogen-bond acceptors (Lipinski definition) is 3. The van der Waals surface area contributed by atoms with Crippen molar-refractivity contribution in [2.45, 2.75) is 13.5 Å². The molecule has 0 fully saturated rings. The SMILES string of the molecule is CC(C#N)CN(C)C(=O)c1cccc(OC(F)F)c1. The third-order valence-corrected chi connectivity index (χ3v) is 2.42. The molecule has 0 bridgehead atoms. The quantitative estimate of drug-likeness (QED) is 0.824. The number of benzene rings is 1. The second kappa shape index (κ2) is 6.69. The van der Waals surface area contributed by atoms with Crippen molar-refractivity contribution in [3.8, 4) is 11.8 Å². The van der Waals surface area contributed by atoms with Gasteiger partial charge < -0.3 is 9.64 Å². The Kier molecular flexibility index (Phi) is 5.24. The van der Waals surface area contributed by atoms with Crippen molar-refractivity contribution in [2.75, 3.05) is 13.6 Å². The first-order valence-electron chi connectivity index (χ1n) is 5.64. The Morgan fingerprint density at radius 2 is 2.21 bits per heavy atom. The molecule has 19 heavy (non-hydrogen) atoms. The van der Waals surface area contributed by atoms with Crippen molar-refractivity contribution in [3.05, 3.63) is 29.8 Å². The van der Waals surface area contributed by atoms with Crippen molar-refractivity contribution < 1.29 is 18.3 Å². The first-order chi connectivity index (χ1) is 8.93. The van der Waals surface area contributed by atoms with Crippen LogP contribution in [0.25, 0.3) is 0 Å². The molecule has 0 aliphatic rings. The molecule has 1 rings (SSSR count). The van der Waals surface area contributed by atoms with Gasteiger partial charge in [-0.2, -0.15) is 14.0 Å². The van der Waals surface area contributed by atoms with E-state index in [-0.39, 0.29) is 29.7 Å². The molecule has 102 valence electrons. The van der Waals surface area contributed by atoms with Crippen molar-refractivity contribution in [3.63, 3.8) is 0 Å². The van der Waals surface area contributed by atoms with E-state index in [4.69, 9.17) is 5.26 Å². The Bertz CT molecular complexity index is 486. The van der Waals surface area contributed by atoms with E-state index in [1.165, 1.54) is 29.2 Å². The van der Waals surface area contributed by atoms with Gasteiger partial charge in [-0.15, -0.1) is 0 Å². The molecule has 0 aromatic heterocycles. The number of carbonyl (C=O) groups excluding carboxylic acids is 1. The number of carbonyl (C=O) groups is 1. The van der Waals surface area contributed by atoms with Crippen LogP contribution in [0.2, 0.25) is 0 Å². The van der Waals surface area contributed by atoms with Crippen LogP contribution in [0, 0.1) is 17.2 Å². The van der Waals surface area contributed by atoms with E-state index < -0.39 is 6.61 Å². The number of ether oxygens (including phenoxy) is 1. The maximum absolute atomic E-state index is 12.1. The van der Waals surface area contributed by atoms with E-state index in [1.54, 1.807) is 14.0 Å². The highest BCUT2D eigenvalue weighted by Gasteiger charge is 2.15. The summed E-state index contributed by atoms with van der Waals surface area (Å²) < 4.78 is 28.4. The summed E-state index contributed by atoms with van der Waals surface area (Å²) in [6, 6.07) is 7.59. The van der Waals surface area contributed by atoms with Crippen LogP contribution in [0.4, 0.5) is 8.78 Å². The number of halogens is 2. The zero-order valence-electron chi connectivity index (χ0n) is 10.6. The summed E-state index contributed by atoms with van der Waals surface area (Å²) in [6.45, 7) is -0.961. The standard InChI is InChI=1S/C13H14F2N2O2/c1-9(7-16)8-17(2)12(18)10-4-3-5-11(6-10)19-13(14)15/h3-6,9,13H,8H2,1-2H3. The summed E-state index contributed by atoms with van der Waals surface area (Å²) in [6.07, 6.45) is 0.